The van der Waals surface area contributed by atoms with Crippen molar-refractivity contribution < 1.29 is 5.11 Å². The van der Waals surface area contributed by atoms with Crippen molar-refractivity contribution in [1.82, 2.24) is 34.2 Å². The molecule has 0 saturated carbocycles. The largest absolute Gasteiger partial charge is 0.387 e. The second-order valence-corrected chi connectivity index (χ2v) is 6.98. The van der Waals surface area contributed by atoms with E-state index in [1.807, 2.05) is 30.9 Å². The first-order chi connectivity index (χ1) is 11.9. The number of nitrogen functional groups attached to an aromatic ring is 1. The summed E-state index contributed by atoms with van der Waals surface area (Å²) in [6.07, 6.45) is 7.80. The zero-order valence-electron chi connectivity index (χ0n) is 14.4. The van der Waals surface area contributed by atoms with Gasteiger partial charge in [-0.2, -0.15) is 5.10 Å². The Hall–Kier alpha value is -2.52. The summed E-state index contributed by atoms with van der Waals surface area (Å²) in [5.41, 5.74) is 7.35. The summed E-state index contributed by atoms with van der Waals surface area (Å²) in [7, 11) is 1.91. The number of hydrogen-bond acceptors (Lipinski definition) is 7. The van der Waals surface area contributed by atoms with Crippen molar-refractivity contribution in [2.45, 2.75) is 31.5 Å². The third kappa shape index (κ3) is 2.85. The Labute approximate surface area is 145 Å². The van der Waals surface area contributed by atoms with Crippen LogP contribution in [0.1, 0.15) is 24.9 Å². The molecule has 0 aromatic carbocycles. The predicted molar refractivity (Wildman–Crippen MR) is 92.5 cm³/mol. The van der Waals surface area contributed by atoms with Crippen molar-refractivity contribution in [3.63, 3.8) is 0 Å². The standard InChI is InChI=1S/C16H22N8O/c1-16(25)8-23(7-11-5-21-22(2)6-11)4-3-12(16)24-10-20-13-14(17)18-9-19-15(13)24/h5-6,9-10,12,25H,3-4,7-8H2,1-2H3,(H2,17,18,19)/t12-,16-/m1/s1. The first kappa shape index (κ1) is 16.0. The fourth-order valence-electron chi connectivity index (χ4n) is 3.74. The summed E-state index contributed by atoms with van der Waals surface area (Å²) in [6.45, 7) is 4.07. The lowest BCUT2D eigenvalue weighted by molar-refractivity contribution is -0.0579. The van der Waals surface area contributed by atoms with Gasteiger partial charge in [0.05, 0.1) is 24.2 Å². The minimum Gasteiger partial charge on any atom is -0.387 e. The van der Waals surface area contributed by atoms with Crippen LogP contribution in [0, 0.1) is 0 Å². The number of anilines is 1. The van der Waals surface area contributed by atoms with Crippen LogP contribution in [0.15, 0.2) is 25.0 Å². The van der Waals surface area contributed by atoms with Crippen molar-refractivity contribution in [1.29, 1.82) is 0 Å². The van der Waals surface area contributed by atoms with Gasteiger partial charge in [0.25, 0.3) is 0 Å². The lowest BCUT2D eigenvalue weighted by atomic mass is 9.88. The van der Waals surface area contributed by atoms with Crippen molar-refractivity contribution in [2.75, 3.05) is 18.8 Å². The van der Waals surface area contributed by atoms with Crippen molar-refractivity contribution in [2.24, 2.45) is 7.05 Å². The van der Waals surface area contributed by atoms with Crippen LogP contribution in [0.3, 0.4) is 0 Å². The van der Waals surface area contributed by atoms with Crippen molar-refractivity contribution in [3.05, 3.63) is 30.6 Å². The number of nitrogens with zero attached hydrogens (tertiary/aromatic N) is 7. The van der Waals surface area contributed by atoms with Gasteiger partial charge in [0.1, 0.15) is 11.8 Å². The number of hydrogen-bond donors (Lipinski definition) is 2. The maximum absolute atomic E-state index is 11.1. The molecule has 3 N–H and O–H groups in total. The zero-order chi connectivity index (χ0) is 17.6. The van der Waals surface area contributed by atoms with E-state index in [9.17, 15) is 5.11 Å². The smallest absolute Gasteiger partial charge is 0.165 e. The molecule has 3 aromatic heterocycles. The Kier molecular flexibility index (Phi) is 3.69. The van der Waals surface area contributed by atoms with Crippen molar-refractivity contribution in [3.8, 4) is 0 Å². The van der Waals surface area contributed by atoms with E-state index in [0.29, 0.717) is 23.5 Å². The topological polar surface area (TPSA) is 111 Å². The van der Waals surface area contributed by atoms with Gasteiger partial charge < -0.3 is 15.4 Å². The molecule has 4 heterocycles. The third-order valence-electron chi connectivity index (χ3n) is 4.87. The molecule has 1 saturated heterocycles. The molecule has 1 fully saturated rings. The van der Waals surface area contributed by atoms with Gasteiger partial charge in [0.15, 0.2) is 11.5 Å². The number of aryl methyl sites for hydroxylation is 1. The highest BCUT2D eigenvalue weighted by Crippen LogP contribution is 2.34. The maximum Gasteiger partial charge on any atom is 0.165 e. The molecule has 0 amide bonds. The van der Waals surface area contributed by atoms with Crippen LogP contribution in [-0.4, -0.2) is 58.0 Å². The number of likely N-dealkylation sites (tertiary alicyclic amines) is 1. The molecule has 25 heavy (non-hydrogen) atoms. The van der Waals surface area contributed by atoms with Crippen LogP contribution in [-0.2, 0) is 13.6 Å². The van der Waals surface area contributed by atoms with Gasteiger partial charge in [-0.25, -0.2) is 15.0 Å². The number of nitrogens with two attached hydrogens (primary N) is 1. The Morgan fingerprint density at radius 3 is 2.92 bits per heavy atom. The minimum atomic E-state index is -0.909. The zero-order valence-corrected chi connectivity index (χ0v) is 14.4. The average Bonchev–Trinajstić information content (AvgIpc) is 3.14. The molecule has 0 radical (unpaired) electrons. The Morgan fingerprint density at radius 1 is 1.36 bits per heavy atom. The highest BCUT2D eigenvalue weighted by molar-refractivity contribution is 5.81. The van der Waals surface area contributed by atoms with Gasteiger partial charge in [-0.05, 0) is 13.3 Å². The molecular formula is C16H22N8O. The molecule has 9 heteroatoms. The van der Waals surface area contributed by atoms with Gasteiger partial charge in [-0.15, -0.1) is 0 Å². The molecule has 132 valence electrons. The molecule has 0 unspecified atom stereocenters. The molecular weight excluding hydrogens is 320 g/mol. The van der Waals surface area contributed by atoms with Crippen LogP contribution in [0.25, 0.3) is 11.2 Å². The molecule has 4 rings (SSSR count). The highest BCUT2D eigenvalue weighted by atomic mass is 16.3. The van der Waals surface area contributed by atoms with Gasteiger partial charge in [0, 0.05) is 38.4 Å². The van der Waals surface area contributed by atoms with Crippen molar-refractivity contribution >= 4 is 17.0 Å². The van der Waals surface area contributed by atoms with Crippen LogP contribution in [0.2, 0.25) is 0 Å². The van der Waals surface area contributed by atoms with Gasteiger partial charge in [0.2, 0.25) is 0 Å². The van der Waals surface area contributed by atoms with Gasteiger partial charge in [-0.3, -0.25) is 9.58 Å². The number of rotatable bonds is 3. The van der Waals surface area contributed by atoms with E-state index < -0.39 is 5.60 Å². The normalized spacial score (nSPS) is 24.8. The SMILES string of the molecule is Cn1cc(CN2CC[C@@H](n3cnc4c(N)ncnc43)[C@](C)(O)C2)cn1. The second kappa shape index (κ2) is 5.78. The Morgan fingerprint density at radius 2 is 2.20 bits per heavy atom. The summed E-state index contributed by atoms with van der Waals surface area (Å²) < 4.78 is 3.72. The Balaban J connectivity index is 1.57. The molecule has 1 aliphatic heterocycles. The van der Waals surface area contributed by atoms with Gasteiger partial charge in [-0.1, -0.05) is 0 Å². The summed E-state index contributed by atoms with van der Waals surface area (Å²) in [5.74, 6) is 0.359. The fraction of sp³-hybridized carbons (Fsp3) is 0.500. The molecule has 3 aromatic rings. The van der Waals surface area contributed by atoms with Crippen LogP contribution in [0.5, 0.6) is 0 Å². The monoisotopic (exact) mass is 342 g/mol. The Bertz CT molecular complexity index is 899. The first-order valence-corrected chi connectivity index (χ1v) is 8.29. The van der Waals surface area contributed by atoms with Gasteiger partial charge >= 0.3 is 0 Å². The molecule has 9 nitrogen and oxygen atoms in total. The van der Waals surface area contributed by atoms with Crippen LogP contribution >= 0.6 is 0 Å². The lowest BCUT2D eigenvalue weighted by Gasteiger charge is -2.43. The fourth-order valence-corrected chi connectivity index (χ4v) is 3.74. The van der Waals surface area contributed by atoms with Crippen LogP contribution < -0.4 is 5.73 Å². The predicted octanol–water partition coefficient (Wildman–Crippen LogP) is 0.340. The lowest BCUT2D eigenvalue weighted by Crippen LogP contribution is -2.52. The quantitative estimate of drug-likeness (QED) is 0.706. The second-order valence-electron chi connectivity index (χ2n) is 6.98. The molecule has 1 aliphatic rings. The number of imidazole rings is 1. The summed E-state index contributed by atoms with van der Waals surface area (Å²) >= 11 is 0. The van der Waals surface area contributed by atoms with E-state index in [2.05, 4.69) is 25.0 Å². The average molecular weight is 342 g/mol. The molecule has 0 spiro atoms. The molecule has 0 aliphatic carbocycles. The first-order valence-electron chi connectivity index (χ1n) is 8.29. The van der Waals surface area contributed by atoms with E-state index in [1.54, 1.807) is 11.0 Å². The third-order valence-corrected chi connectivity index (χ3v) is 4.87. The highest BCUT2D eigenvalue weighted by Gasteiger charge is 2.40. The molecule has 2 atom stereocenters. The number of aliphatic hydroxyl groups is 1. The van der Waals surface area contributed by atoms with E-state index in [-0.39, 0.29) is 6.04 Å². The van der Waals surface area contributed by atoms with E-state index in [4.69, 9.17) is 5.73 Å². The number of fused-ring (bicyclic) bond motifs is 1. The van der Waals surface area contributed by atoms with E-state index in [1.165, 1.54) is 6.33 Å². The number of β-amino-alcohol motifs (C(OH)–C–C–N with tert-alkyl or cyclic N) is 1. The number of aromatic nitrogens is 6. The maximum atomic E-state index is 11.1. The molecule has 0 bridgehead atoms. The van der Waals surface area contributed by atoms with E-state index in [0.717, 1.165) is 25.1 Å². The van der Waals surface area contributed by atoms with Crippen LogP contribution in [0.4, 0.5) is 5.82 Å². The minimum absolute atomic E-state index is 0.114. The summed E-state index contributed by atoms with van der Waals surface area (Å²) in [5, 5.41) is 15.3. The summed E-state index contributed by atoms with van der Waals surface area (Å²) in [6, 6.07) is -0.114. The summed E-state index contributed by atoms with van der Waals surface area (Å²) in [4.78, 5) is 14.9. The number of piperidine rings is 1. The van der Waals surface area contributed by atoms with E-state index >= 15 is 0 Å².